The zero-order valence-corrected chi connectivity index (χ0v) is 23.4. The van der Waals surface area contributed by atoms with E-state index in [1.54, 1.807) is 7.11 Å². The molecule has 38 heavy (non-hydrogen) atoms. The van der Waals surface area contributed by atoms with E-state index >= 15 is 0 Å². The van der Waals surface area contributed by atoms with Crippen LogP contribution in [0.1, 0.15) is 75.3 Å². The third kappa shape index (κ3) is 7.19. The van der Waals surface area contributed by atoms with E-state index in [-0.39, 0.29) is 18.0 Å². The number of likely N-dealkylation sites (N-methyl/N-ethyl adjacent to an activating group) is 1. The van der Waals surface area contributed by atoms with Gasteiger partial charge in [0.1, 0.15) is 11.9 Å². The summed E-state index contributed by atoms with van der Waals surface area (Å²) in [5.41, 5.74) is 0.950. The number of alkyl halides is 1. The molecule has 2 heterocycles. The number of carbonyl (C=O) groups excluding carboxylic acids is 1. The maximum atomic E-state index is 13.6. The van der Waals surface area contributed by atoms with Crippen LogP contribution in [0.5, 0.6) is 5.75 Å². The fraction of sp³-hybridized carbons (Fsp3) is 0.767. The number of fused-ring (bicyclic) bond motifs is 1. The van der Waals surface area contributed by atoms with Gasteiger partial charge in [0.25, 0.3) is 0 Å². The lowest BCUT2D eigenvalue weighted by Crippen LogP contribution is -2.54. The van der Waals surface area contributed by atoms with Gasteiger partial charge in [-0.1, -0.05) is 18.2 Å². The lowest BCUT2D eigenvalue weighted by Gasteiger charge is -2.43. The third-order valence-electron chi connectivity index (χ3n) is 8.89. The average Bonchev–Trinajstić information content (AvgIpc) is 3.42. The summed E-state index contributed by atoms with van der Waals surface area (Å²) in [5.74, 6) is 1.20. The molecule has 1 saturated heterocycles. The predicted octanol–water partition coefficient (Wildman–Crippen LogP) is 4.55. The predicted molar refractivity (Wildman–Crippen MR) is 147 cm³/mol. The topological polar surface area (TPSA) is 83.1 Å². The van der Waals surface area contributed by atoms with Crippen molar-refractivity contribution in [2.24, 2.45) is 11.8 Å². The number of methoxy groups -OCH3 is 1. The van der Waals surface area contributed by atoms with Crippen LogP contribution >= 0.6 is 0 Å². The second-order valence-corrected chi connectivity index (χ2v) is 11.6. The van der Waals surface area contributed by atoms with Crippen molar-refractivity contribution in [3.8, 4) is 5.75 Å². The van der Waals surface area contributed by atoms with Crippen LogP contribution in [0.15, 0.2) is 18.2 Å². The highest BCUT2D eigenvalue weighted by Gasteiger charge is 2.44. The summed E-state index contributed by atoms with van der Waals surface area (Å²) in [4.78, 5) is 15.4. The van der Waals surface area contributed by atoms with Gasteiger partial charge in [0, 0.05) is 57.3 Å². The molecule has 1 aliphatic carbocycles. The Balaban J connectivity index is 1.45. The lowest BCUT2D eigenvalue weighted by molar-refractivity contribution is -0.0577. The van der Waals surface area contributed by atoms with Crippen molar-refractivity contribution in [2.45, 2.75) is 88.4 Å². The number of likely N-dealkylation sites (tertiary alicyclic amines) is 1. The molecule has 0 unspecified atom stereocenters. The molecule has 2 aliphatic heterocycles. The van der Waals surface area contributed by atoms with Gasteiger partial charge in [-0.15, -0.1) is 0 Å². The minimum Gasteiger partial charge on any atom is -0.493 e. The van der Waals surface area contributed by atoms with Crippen LogP contribution in [-0.4, -0.2) is 75.3 Å². The largest absolute Gasteiger partial charge is 0.493 e. The molecule has 8 heteroatoms. The van der Waals surface area contributed by atoms with E-state index in [9.17, 15) is 14.3 Å². The molecule has 1 aromatic rings. The van der Waals surface area contributed by atoms with Gasteiger partial charge in [-0.2, -0.15) is 0 Å². The highest BCUT2D eigenvalue weighted by molar-refractivity contribution is 5.74. The molecule has 4 rings (SSSR count). The minimum absolute atomic E-state index is 0.00718. The number of hydrogen-bond donors (Lipinski definition) is 3. The summed E-state index contributed by atoms with van der Waals surface area (Å²) in [5, 5.41) is 18.8. The van der Waals surface area contributed by atoms with Gasteiger partial charge in [-0.25, -0.2) is 9.18 Å². The second-order valence-electron chi connectivity index (χ2n) is 11.6. The Morgan fingerprint density at radius 1 is 1.26 bits per heavy atom. The maximum absolute atomic E-state index is 13.6. The molecule has 0 aromatic heterocycles. The van der Waals surface area contributed by atoms with E-state index < -0.39 is 11.8 Å². The molecule has 7 nitrogen and oxygen atoms in total. The van der Waals surface area contributed by atoms with Crippen LogP contribution in [0.3, 0.4) is 0 Å². The standard InChI is InChI=1S/C30H48FN3O4/c1-32-20-26(19-22-10-12-25(31)13-11-22)33-29(35)34-16-6-8-24(21-34)30(36,15-3-4-17-37-2)27-9-5-7-23-14-18-38-28(23)27/h5,7,9,22,24-26,32,36H,3-4,6,8,10-21H2,1-2H3,(H,33,35)/t22-,24-,25+,26+,30+/m1/s1. The molecule has 3 N–H and O–H groups in total. The fourth-order valence-corrected chi connectivity index (χ4v) is 6.77. The summed E-state index contributed by atoms with van der Waals surface area (Å²) in [6, 6.07) is 6.06. The first-order chi connectivity index (χ1) is 18.4. The van der Waals surface area contributed by atoms with E-state index in [1.807, 2.05) is 24.1 Å². The van der Waals surface area contributed by atoms with Crippen LogP contribution < -0.4 is 15.4 Å². The molecular weight excluding hydrogens is 485 g/mol. The number of para-hydroxylation sites is 1. The van der Waals surface area contributed by atoms with Crippen LogP contribution in [0.4, 0.5) is 9.18 Å². The Bertz CT molecular complexity index is 894. The van der Waals surface area contributed by atoms with Crippen molar-refractivity contribution in [2.75, 3.05) is 47.0 Å². The number of halogens is 1. The summed E-state index contributed by atoms with van der Waals surface area (Å²) in [6.07, 6.45) is 8.15. The lowest BCUT2D eigenvalue weighted by atomic mass is 9.73. The number of aliphatic hydroxyl groups is 1. The van der Waals surface area contributed by atoms with Gasteiger partial charge < -0.3 is 30.1 Å². The normalized spacial score (nSPS) is 25.8. The number of amides is 2. The first-order valence-corrected chi connectivity index (χ1v) is 14.7. The maximum Gasteiger partial charge on any atom is 0.317 e. The van der Waals surface area contributed by atoms with Crippen LogP contribution in [0.2, 0.25) is 0 Å². The van der Waals surface area contributed by atoms with Crippen LogP contribution in [0, 0.1) is 11.8 Å². The molecule has 1 saturated carbocycles. The van der Waals surface area contributed by atoms with E-state index in [2.05, 4.69) is 16.7 Å². The fourth-order valence-electron chi connectivity index (χ4n) is 6.77. The van der Waals surface area contributed by atoms with E-state index in [0.717, 1.165) is 68.2 Å². The average molecular weight is 534 g/mol. The summed E-state index contributed by atoms with van der Waals surface area (Å²) >= 11 is 0. The van der Waals surface area contributed by atoms with Gasteiger partial charge in [-0.3, -0.25) is 0 Å². The number of ether oxygens (including phenoxy) is 2. The van der Waals surface area contributed by atoms with Crippen LogP contribution in [-0.2, 0) is 16.8 Å². The van der Waals surface area contributed by atoms with Gasteiger partial charge in [-0.05, 0) is 82.7 Å². The molecular formula is C30H48FN3O4. The van der Waals surface area contributed by atoms with Gasteiger partial charge in [0.05, 0.1) is 12.2 Å². The van der Waals surface area contributed by atoms with Gasteiger partial charge >= 0.3 is 6.03 Å². The zero-order valence-electron chi connectivity index (χ0n) is 23.4. The van der Waals surface area contributed by atoms with Crippen molar-refractivity contribution < 1.29 is 23.8 Å². The molecule has 3 aliphatic rings. The van der Waals surface area contributed by atoms with E-state index in [0.29, 0.717) is 58.0 Å². The molecule has 3 atom stereocenters. The number of nitrogens with zero attached hydrogens (tertiary/aromatic N) is 1. The Morgan fingerprint density at radius 3 is 2.84 bits per heavy atom. The Hall–Kier alpha value is -1.90. The first kappa shape index (κ1) is 29.1. The van der Waals surface area contributed by atoms with Crippen molar-refractivity contribution in [1.82, 2.24) is 15.5 Å². The van der Waals surface area contributed by atoms with E-state index in [1.165, 1.54) is 0 Å². The van der Waals surface area contributed by atoms with Crippen molar-refractivity contribution in [3.63, 3.8) is 0 Å². The third-order valence-corrected chi connectivity index (χ3v) is 8.89. The summed E-state index contributed by atoms with van der Waals surface area (Å²) in [6.45, 7) is 3.19. The number of nitrogens with one attached hydrogen (secondary N) is 2. The van der Waals surface area contributed by atoms with Crippen molar-refractivity contribution in [1.29, 1.82) is 0 Å². The Morgan fingerprint density at radius 2 is 2.08 bits per heavy atom. The second kappa shape index (κ2) is 13.9. The molecule has 2 fully saturated rings. The zero-order chi connectivity index (χ0) is 27.0. The smallest absolute Gasteiger partial charge is 0.317 e. The SMILES string of the molecule is CNC[C@H](C[C@H]1CC[C@@H](F)CC1)NC(=O)N1CCC[C@@H]([C@@](O)(CCCCOC)c2cccc3c2OCC3)C1. The van der Waals surface area contributed by atoms with Crippen molar-refractivity contribution >= 4 is 6.03 Å². The first-order valence-electron chi connectivity index (χ1n) is 14.7. The minimum atomic E-state index is -1.07. The van der Waals surface area contributed by atoms with Gasteiger partial charge in [0.2, 0.25) is 0 Å². The number of carbonyl (C=O) groups is 1. The number of hydrogen-bond acceptors (Lipinski definition) is 5. The molecule has 0 bridgehead atoms. The quantitative estimate of drug-likeness (QED) is 0.343. The van der Waals surface area contributed by atoms with Gasteiger partial charge in [0.15, 0.2) is 0 Å². The monoisotopic (exact) mass is 533 g/mol. The van der Waals surface area contributed by atoms with E-state index in [4.69, 9.17) is 9.47 Å². The van der Waals surface area contributed by atoms with Crippen LogP contribution in [0.25, 0.3) is 0 Å². The highest BCUT2D eigenvalue weighted by atomic mass is 19.1. The number of rotatable bonds is 12. The Labute approximate surface area is 227 Å². The summed E-state index contributed by atoms with van der Waals surface area (Å²) in [7, 11) is 3.60. The summed E-state index contributed by atoms with van der Waals surface area (Å²) < 4.78 is 24.9. The number of urea groups is 1. The molecule has 1 aromatic carbocycles. The van der Waals surface area contributed by atoms with Crippen molar-refractivity contribution in [3.05, 3.63) is 29.3 Å². The molecule has 0 radical (unpaired) electrons. The molecule has 214 valence electrons. The number of benzene rings is 1. The molecule has 0 spiro atoms. The number of unbranched alkanes of at least 4 members (excludes halogenated alkanes) is 1. The Kier molecular flexibility index (Phi) is 10.7. The highest BCUT2D eigenvalue weighted by Crippen LogP contribution is 2.45. The molecule has 2 amide bonds. The number of piperidine rings is 1.